The van der Waals surface area contributed by atoms with Crippen molar-refractivity contribution in [2.75, 3.05) is 12.3 Å². The lowest BCUT2D eigenvalue weighted by atomic mass is 10.3. The van der Waals surface area contributed by atoms with Crippen molar-refractivity contribution in [1.82, 2.24) is 14.7 Å². The maximum atomic E-state index is 12.5. The molecule has 0 aromatic carbocycles. The number of thioether (sulfide) groups is 1. The van der Waals surface area contributed by atoms with Crippen molar-refractivity contribution in [3.8, 4) is 10.6 Å². The average molecular weight is 293 g/mol. The molecule has 1 unspecified atom stereocenters. The molecule has 2 aromatic heterocycles. The van der Waals surface area contributed by atoms with E-state index >= 15 is 0 Å². The Labute approximate surface area is 120 Å². The molecule has 1 fully saturated rings. The van der Waals surface area contributed by atoms with E-state index in [4.69, 9.17) is 0 Å². The summed E-state index contributed by atoms with van der Waals surface area (Å²) in [6.45, 7) is 2.90. The molecule has 0 spiro atoms. The van der Waals surface area contributed by atoms with Gasteiger partial charge in [0.05, 0.1) is 10.3 Å². The second-order valence-electron chi connectivity index (χ2n) is 4.48. The molecule has 1 amide bonds. The van der Waals surface area contributed by atoms with Gasteiger partial charge in [0.15, 0.2) is 0 Å². The topological polar surface area (TPSA) is 38.1 Å². The first-order valence-corrected chi connectivity index (χ1v) is 8.10. The van der Waals surface area contributed by atoms with E-state index in [0.29, 0.717) is 5.69 Å². The summed E-state index contributed by atoms with van der Waals surface area (Å²) >= 11 is 3.45. The average Bonchev–Trinajstić information content (AvgIpc) is 3.07. The summed E-state index contributed by atoms with van der Waals surface area (Å²) in [4.78, 5) is 15.5. The van der Waals surface area contributed by atoms with Crippen molar-refractivity contribution >= 4 is 29.0 Å². The number of aryl methyl sites for hydroxylation is 1. The standard InChI is InChI=1S/C13H15N3OS2/c1-9-16(5-7-18-9)13(17)11-8-10(14-15(11)2)12-4-3-6-19-12/h3-4,6,8-9H,5,7H2,1-2H3. The first kappa shape index (κ1) is 12.7. The Morgan fingerprint density at radius 2 is 2.37 bits per heavy atom. The minimum absolute atomic E-state index is 0.0790. The summed E-state index contributed by atoms with van der Waals surface area (Å²) in [5.74, 6) is 1.10. The molecule has 100 valence electrons. The molecular formula is C13H15N3OS2. The molecule has 4 nitrogen and oxygen atoms in total. The van der Waals surface area contributed by atoms with Crippen LogP contribution in [0.4, 0.5) is 0 Å². The van der Waals surface area contributed by atoms with Crippen molar-refractivity contribution in [2.45, 2.75) is 12.3 Å². The molecule has 1 atom stereocenters. The van der Waals surface area contributed by atoms with Gasteiger partial charge in [-0.05, 0) is 24.4 Å². The molecule has 19 heavy (non-hydrogen) atoms. The number of carbonyl (C=O) groups excluding carboxylic acids is 1. The monoisotopic (exact) mass is 293 g/mol. The third-order valence-corrected chi connectivity index (χ3v) is 5.31. The van der Waals surface area contributed by atoms with Crippen LogP contribution < -0.4 is 0 Å². The van der Waals surface area contributed by atoms with Crippen LogP contribution in [0.25, 0.3) is 10.6 Å². The molecular weight excluding hydrogens is 278 g/mol. The van der Waals surface area contributed by atoms with Gasteiger partial charge in [-0.25, -0.2) is 0 Å². The van der Waals surface area contributed by atoms with Crippen molar-refractivity contribution in [3.05, 3.63) is 29.3 Å². The predicted molar refractivity (Wildman–Crippen MR) is 79.5 cm³/mol. The Balaban J connectivity index is 1.91. The number of rotatable bonds is 2. The third kappa shape index (κ3) is 2.30. The van der Waals surface area contributed by atoms with Gasteiger partial charge in [-0.2, -0.15) is 5.10 Å². The van der Waals surface area contributed by atoms with Gasteiger partial charge in [0, 0.05) is 19.3 Å². The van der Waals surface area contributed by atoms with Crippen molar-refractivity contribution in [2.24, 2.45) is 7.05 Å². The Morgan fingerprint density at radius 3 is 3.00 bits per heavy atom. The molecule has 3 rings (SSSR count). The Morgan fingerprint density at radius 1 is 1.53 bits per heavy atom. The molecule has 0 bridgehead atoms. The van der Waals surface area contributed by atoms with E-state index in [0.717, 1.165) is 22.9 Å². The largest absolute Gasteiger partial charge is 0.325 e. The Kier molecular flexibility index (Phi) is 3.36. The Hall–Kier alpha value is -1.27. The summed E-state index contributed by atoms with van der Waals surface area (Å²) in [5.41, 5.74) is 1.54. The van der Waals surface area contributed by atoms with Crippen LogP contribution in [0, 0.1) is 0 Å². The number of aromatic nitrogens is 2. The van der Waals surface area contributed by atoms with Crippen LogP contribution in [0.1, 0.15) is 17.4 Å². The highest BCUT2D eigenvalue weighted by Crippen LogP contribution is 2.27. The fourth-order valence-corrected chi connectivity index (χ4v) is 3.92. The summed E-state index contributed by atoms with van der Waals surface area (Å²) in [5, 5.41) is 6.72. The molecule has 0 aliphatic carbocycles. The number of nitrogens with zero attached hydrogens (tertiary/aromatic N) is 3. The van der Waals surface area contributed by atoms with Crippen LogP contribution in [-0.4, -0.2) is 38.3 Å². The number of hydrogen-bond acceptors (Lipinski definition) is 4. The van der Waals surface area contributed by atoms with Crippen LogP contribution >= 0.6 is 23.1 Å². The maximum absolute atomic E-state index is 12.5. The number of hydrogen-bond donors (Lipinski definition) is 0. The van der Waals surface area contributed by atoms with Gasteiger partial charge in [0.2, 0.25) is 0 Å². The van der Waals surface area contributed by atoms with Gasteiger partial charge in [-0.15, -0.1) is 23.1 Å². The second-order valence-corrected chi connectivity index (χ2v) is 6.86. The highest BCUT2D eigenvalue weighted by atomic mass is 32.2. The fourth-order valence-electron chi connectivity index (χ4n) is 2.22. The summed E-state index contributed by atoms with van der Waals surface area (Å²) in [6.07, 6.45) is 0. The van der Waals surface area contributed by atoms with E-state index in [2.05, 4.69) is 12.0 Å². The van der Waals surface area contributed by atoms with E-state index in [9.17, 15) is 4.79 Å². The third-order valence-electron chi connectivity index (χ3n) is 3.26. The normalized spacial score (nSPS) is 19.1. The summed E-state index contributed by atoms with van der Waals surface area (Å²) < 4.78 is 1.69. The van der Waals surface area contributed by atoms with Gasteiger partial charge in [0.25, 0.3) is 5.91 Å². The lowest BCUT2D eigenvalue weighted by molar-refractivity contribution is 0.0757. The summed E-state index contributed by atoms with van der Waals surface area (Å²) in [7, 11) is 1.83. The van der Waals surface area contributed by atoms with Crippen LogP contribution in [-0.2, 0) is 7.05 Å². The zero-order chi connectivity index (χ0) is 13.4. The first-order valence-electron chi connectivity index (χ1n) is 6.17. The maximum Gasteiger partial charge on any atom is 0.273 e. The zero-order valence-corrected chi connectivity index (χ0v) is 12.5. The van der Waals surface area contributed by atoms with Crippen molar-refractivity contribution < 1.29 is 4.79 Å². The summed E-state index contributed by atoms with van der Waals surface area (Å²) in [6, 6.07) is 5.91. The first-order chi connectivity index (χ1) is 9.16. The van der Waals surface area contributed by atoms with Crippen molar-refractivity contribution in [1.29, 1.82) is 0 Å². The molecule has 1 saturated heterocycles. The van der Waals surface area contributed by atoms with Crippen LogP contribution in [0.3, 0.4) is 0 Å². The quantitative estimate of drug-likeness (QED) is 0.854. The molecule has 1 aliphatic rings. The van der Waals surface area contributed by atoms with Gasteiger partial charge in [0.1, 0.15) is 11.4 Å². The van der Waals surface area contributed by atoms with Crippen molar-refractivity contribution in [3.63, 3.8) is 0 Å². The lowest BCUT2D eigenvalue weighted by Crippen LogP contribution is -2.34. The molecule has 2 aromatic rings. The zero-order valence-electron chi connectivity index (χ0n) is 10.9. The van der Waals surface area contributed by atoms with Gasteiger partial charge < -0.3 is 4.90 Å². The van der Waals surface area contributed by atoms with Crippen LogP contribution in [0.15, 0.2) is 23.6 Å². The van der Waals surface area contributed by atoms with Gasteiger partial charge in [-0.1, -0.05) is 6.07 Å². The van der Waals surface area contributed by atoms with E-state index < -0.39 is 0 Å². The number of carbonyl (C=O) groups is 1. The van der Waals surface area contributed by atoms with Crippen LogP contribution in [0.2, 0.25) is 0 Å². The van der Waals surface area contributed by atoms with E-state index in [-0.39, 0.29) is 11.3 Å². The highest BCUT2D eigenvalue weighted by Gasteiger charge is 2.28. The second kappa shape index (κ2) is 5.02. The molecule has 3 heterocycles. The SMILES string of the molecule is CC1SCCN1C(=O)c1cc(-c2cccs2)nn1C. The number of amides is 1. The fraction of sp³-hybridized carbons (Fsp3) is 0.385. The highest BCUT2D eigenvalue weighted by molar-refractivity contribution is 8.00. The molecule has 0 N–H and O–H groups in total. The molecule has 0 saturated carbocycles. The number of thiophene rings is 1. The van der Waals surface area contributed by atoms with E-state index in [1.165, 1.54) is 0 Å². The molecule has 0 radical (unpaired) electrons. The smallest absolute Gasteiger partial charge is 0.273 e. The van der Waals surface area contributed by atoms with Gasteiger partial charge >= 0.3 is 0 Å². The Bertz CT molecular complexity index is 591. The lowest BCUT2D eigenvalue weighted by Gasteiger charge is -2.19. The van der Waals surface area contributed by atoms with E-state index in [1.54, 1.807) is 16.0 Å². The minimum atomic E-state index is 0.0790. The van der Waals surface area contributed by atoms with Gasteiger partial charge in [-0.3, -0.25) is 9.48 Å². The van der Waals surface area contributed by atoms with E-state index in [1.807, 2.05) is 47.3 Å². The predicted octanol–water partition coefficient (Wildman–Crippen LogP) is 2.68. The van der Waals surface area contributed by atoms with Crippen LogP contribution in [0.5, 0.6) is 0 Å². The molecule has 6 heteroatoms. The molecule has 1 aliphatic heterocycles. The minimum Gasteiger partial charge on any atom is -0.325 e.